The first-order valence-electron chi connectivity index (χ1n) is 7.86. The summed E-state index contributed by atoms with van der Waals surface area (Å²) in [4.78, 5) is 41.8. The van der Waals surface area contributed by atoms with Crippen LogP contribution >= 0.6 is 0 Å². The van der Waals surface area contributed by atoms with Crippen LogP contribution in [0.5, 0.6) is 0 Å². The zero-order chi connectivity index (χ0) is 17.1. The molecule has 0 spiro atoms. The molecule has 0 aromatic rings. The molecule has 5 nitrogen and oxygen atoms in total. The third kappa shape index (κ3) is 3.81. The molecule has 0 N–H and O–H groups in total. The Morgan fingerprint density at radius 3 is 2.41 bits per heavy atom. The summed E-state index contributed by atoms with van der Waals surface area (Å²) in [6.45, 7) is 9.42. The number of esters is 1. The SMILES string of the molecule is CCCC(=O)[C@@H]1C(=O)[C@H](C(=O)OC)C(C)(C)CC1=NC(C)C. The van der Waals surface area contributed by atoms with Crippen molar-refractivity contribution in [2.75, 3.05) is 7.11 Å². The summed E-state index contributed by atoms with van der Waals surface area (Å²) >= 11 is 0. The van der Waals surface area contributed by atoms with Gasteiger partial charge in [0.1, 0.15) is 17.6 Å². The van der Waals surface area contributed by atoms with Crippen LogP contribution in [0.1, 0.15) is 53.9 Å². The minimum atomic E-state index is -0.908. The van der Waals surface area contributed by atoms with Gasteiger partial charge in [0.15, 0.2) is 5.78 Å². The topological polar surface area (TPSA) is 72.8 Å². The lowest BCUT2D eigenvalue weighted by atomic mass is 9.62. The molecule has 124 valence electrons. The van der Waals surface area contributed by atoms with Crippen LogP contribution in [0.2, 0.25) is 0 Å². The third-order valence-electron chi connectivity index (χ3n) is 4.00. The Morgan fingerprint density at radius 1 is 1.36 bits per heavy atom. The lowest BCUT2D eigenvalue weighted by Crippen LogP contribution is -2.52. The van der Waals surface area contributed by atoms with Crippen LogP contribution in [0.4, 0.5) is 0 Å². The van der Waals surface area contributed by atoms with E-state index in [0.29, 0.717) is 25.0 Å². The number of hydrogen-bond donors (Lipinski definition) is 0. The van der Waals surface area contributed by atoms with Crippen LogP contribution in [0.3, 0.4) is 0 Å². The standard InChI is InChI=1S/C17H27NO4/c1-7-8-12(19)13-11(18-10(2)3)9-17(4,5)14(15(13)20)16(21)22-6/h10,13-14H,7-9H2,1-6H3/t13-,14-/m1/s1. The zero-order valence-electron chi connectivity index (χ0n) is 14.4. The molecule has 0 aromatic heterocycles. The van der Waals surface area contributed by atoms with Crippen molar-refractivity contribution in [3.05, 3.63) is 0 Å². The predicted octanol–water partition coefficient (Wildman–Crippen LogP) is 2.61. The van der Waals surface area contributed by atoms with E-state index in [-0.39, 0.29) is 17.6 Å². The molecule has 0 aliphatic heterocycles. The Morgan fingerprint density at radius 2 is 1.95 bits per heavy atom. The van der Waals surface area contributed by atoms with Crippen molar-refractivity contribution in [1.29, 1.82) is 0 Å². The maximum absolute atomic E-state index is 12.8. The van der Waals surface area contributed by atoms with E-state index in [9.17, 15) is 14.4 Å². The number of aliphatic imine (C=N–C) groups is 1. The number of methoxy groups -OCH3 is 1. The van der Waals surface area contributed by atoms with Gasteiger partial charge in [0, 0.05) is 18.2 Å². The fraction of sp³-hybridized carbons (Fsp3) is 0.765. The van der Waals surface area contributed by atoms with E-state index in [1.54, 1.807) is 0 Å². The van der Waals surface area contributed by atoms with Gasteiger partial charge in [-0.25, -0.2) is 0 Å². The Balaban J connectivity index is 3.31. The molecule has 1 aliphatic rings. The molecule has 0 aromatic carbocycles. The number of ketones is 2. The number of nitrogens with zero attached hydrogens (tertiary/aromatic N) is 1. The number of hydrogen-bond acceptors (Lipinski definition) is 5. The fourth-order valence-corrected chi connectivity index (χ4v) is 3.13. The van der Waals surface area contributed by atoms with Gasteiger partial charge < -0.3 is 4.74 Å². The van der Waals surface area contributed by atoms with Crippen molar-refractivity contribution < 1.29 is 19.1 Å². The second kappa shape index (κ2) is 7.16. The van der Waals surface area contributed by atoms with Gasteiger partial charge in [-0.3, -0.25) is 19.4 Å². The van der Waals surface area contributed by atoms with Crippen LogP contribution in [0.15, 0.2) is 4.99 Å². The molecule has 5 heteroatoms. The van der Waals surface area contributed by atoms with Gasteiger partial charge in [0.25, 0.3) is 0 Å². The Labute approximate surface area is 132 Å². The predicted molar refractivity (Wildman–Crippen MR) is 84.9 cm³/mol. The molecule has 0 unspecified atom stereocenters. The highest BCUT2D eigenvalue weighted by Gasteiger charge is 2.52. The summed E-state index contributed by atoms with van der Waals surface area (Å²) in [5, 5.41) is 0. The van der Waals surface area contributed by atoms with Crippen molar-refractivity contribution in [2.45, 2.75) is 59.9 Å². The molecule has 0 saturated heterocycles. The molecule has 0 heterocycles. The van der Waals surface area contributed by atoms with Crippen LogP contribution in [-0.2, 0) is 19.1 Å². The lowest BCUT2D eigenvalue weighted by Gasteiger charge is -2.39. The van der Waals surface area contributed by atoms with E-state index < -0.39 is 23.2 Å². The summed E-state index contributed by atoms with van der Waals surface area (Å²) in [5.41, 5.74) is 0.0181. The van der Waals surface area contributed by atoms with Crippen LogP contribution in [-0.4, -0.2) is 36.4 Å². The van der Waals surface area contributed by atoms with E-state index in [2.05, 4.69) is 4.99 Å². The molecule has 2 atom stereocenters. The molecule has 0 radical (unpaired) electrons. The Bertz CT molecular complexity index is 491. The minimum Gasteiger partial charge on any atom is -0.468 e. The van der Waals surface area contributed by atoms with Gasteiger partial charge in [-0.2, -0.15) is 0 Å². The molecule has 22 heavy (non-hydrogen) atoms. The maximum Gasteiger partial charge on any atom is 0.316 e. The van der Waals surface area contributed by atoms with Crippen LogP contribution in [0.25, 0.3) is 0 Å². The highest BCUT2D eigenvalue weighted by Crippen LogP contribution is 2.41. The van der Waals surface area contributed by atoms with Gasteiger partial charge in [0.2, 0.25) is 0 Å². The first kappa shape index (κ1) is 18.5. The smallest absolute Gasteiger partial charge is 0.316 e. The highest BCUT2D eigenvalue weighted by atomic mass is 16.5. The van der Waals surface area contributed by atoms with Crippen molar-refractivity contribution in [1.82, 2.24) is 0 Å². The van der Waals surface area contributed by atoms with Crippen LogP contribution in [0, 0.1) is 17.3 Å². The number of rotatable bonds is 5. The van der Waals surface area contributed by atoms with Crippen molar-refractivity contribution in [3.63, 3.8) is 0 Å². The summed E-state index contributed by atoms with van der Waals surface area (Å²) in [6, 6.07) is 0.00482. The molecule has 1 fully saturated rings. The van der Waals surface area contributed by atoms with Gasteiger partial charge in [-0.05, 0) is 32.1 Å². The van der Waals surface area contributed by atoms with Crippen molar-refractivity contribution >= 4 is 23.2 Å². The van der Waals surface area contributed by atoms with Gasteiger partial charge in [-0.1, -0.05) is 20.8 Å². The van der Waals surface area contributed by atoms with E-state index in [1.807, 2.05) is 34.6 Å². The first-order chi connectivity index (χ1) is 10.2. The Hall–Kier alpha value is -1.52. The van der Waals surface area contributed by atoms with Gasteiger partial charge in [-0.15, -0.1) is 0 Å². The molecule has 1 saturated carbocycles. The van der Waals surface area contributed by atoms with Gasteiger partial charge >= 0.3 is 5.97 Å². The summed E-state index contributed by atoms with van der Waals surface area (Å²) in [7, 11) is 1.27. The van der Waals surface area contributed by atoms with Crippen LogP contribution < -0.4 is 0 Å². The maximum atomic E-state index is 12.8. The average Bonchev–Trinajstić information content (AvgIpc) is 2.36. The van der Waals surface area contributed by atoms with E-state index in [1.165, 1.54) is 7.11 Å². The van der Waals surface area contributed by atoms with E-state index in [0.717, 1.165) is 0 Å². The average molecular weight is 309 g/mol. The quantitative estimate of drug-likeness (QED) is 0.578. The largest absolute Gasteiger partial charge is 0.468 e. The van der Waals surface area contributed by atoms with Crippen molar-refractivity contribution in [3.8, 4) is 0 Å². The first-order valence-corrected chi connectivity index (χ1v) is 7.86. The van der Waals surface area contributed by atoms with Crippen molar-refractivity contribution in [2.24, 2.45) is 22.2 Å². The monoisotopic (exact) mass is 309 g/mol. The molecule has 1 aliphatic carbocycles. The second-order valence-electron chi connectivity index (χ2n) is 6.89. The number of Topliss-reactive ketones (excluding diaryl/α,β-unsaturated/α-hetero) is 2. The molecule has 1 rings (SSSR count). The second-order valence-corrected chi connectivity index (χ2v) is 6.89. The molecule has 0 amide bonds. The third-order valence-corrected chi connectivity index (χ3v) is 4.00. The number of carbonyl (C=O) groups is 3. The number of carbonyl (C=O) groups excluding carboxylic acids is 3. The van der Waals surface area contributed by atoms with Gasteiger partial charge in [0.05, 0.1) is 7.11 Å². The summed E-state index contributed by atoms with van der Waals surface area (Å²) in [6.07, 6.45) is 1.45. The lowest BCUT2D eigenvalue weighted by molar-refractivity contribution is -0.156. The minimum absolute atomic E-state index is 0.00482. The summed E-state index contributed by atoms with van der Waals surface area (Å²) in [5.74, 6) is -2.86. The highest BCUT2D eigenvalue weighted by molar-refractivity contribution is 6.26. The molecule has 0 bridgehead atoms. The molecular formula is C17H27NO4. The zero-order valence-corrected chi connectivity index (χ0v) is 14.4. The van der Waals surface area contributed by atoms with E-state index in [4.69, 9.17) is 4.74 Å². The Kier molecular flexibility index (Phi) is 6.03. The number of ether oxygens (including phenoxy) is 1. The normalized spacial score (nSPS) is 26.3. The summed E-state index contributed by atoms with van der Waals surface area (Å²) < 4.78 is 4.79. The molecular weight excluding hydrogens is 282 g/mol. The fourth-order valence-electron chi connectivity index (χ4n) is 3.13. The van der Waals surface area contributed by atoms with E-state index >= 15 is 0 Å².